The van der Waals surface area contributed by atoms with Gasteiger partial charge in [0.05, 0.1) is 16.6 Å². The molecule has 26 heavy (non-hydrogen) atoms. The topological polar surface area (TPSA) is 49.4 Å². The molecule has 7 heteroatoms. The molecule has 0 aromatic heterocycles. The Morgan fingerprint density at radius 1 is 1.19 bits per heavy atom. The van der Waals surface area contributed by atoms with E-state index in [-0.39, 0.29) is 30.6 Å². The molecule has 2 amide bonds. The highest BCUT2D eigenvalue weighted by Gasteiger charge is 2.35. The fourth-order valence-electron chi connectivity index (χ4n) is 2.93. The van der Waals surface area contributed by atoms with Crippen LogP contribution in [0.5, 0.6) is 0 Å². The number of rotatable bonds is 5. The molecule has 1 atom stereocenters. The third-order valence-corrected chi connectivity index (χ3v) is 4.88. The van der Waals surface area contributed by atoms with Crippen molar-refractivity contribution in [3.05, 3.63) is 63.9 Å². The van der Waals surface area contributed by atoms with Crippen LogP contribution >= 0.6 is 23.2 Å². The lowest BCUT2D eigenvalue weighted by Gasteiger charge is -2.18. The highest BCUT2D eigenvalue weighted by molar-refractivity contribution is 6.35. The highest BCUT2D eigenvalue weighted by atomic mass is 35.5. The van der Waals surface area contributed by atoms with Crippen molar-refractivity contribution in [1.29, 1.82) is 0 Å². The van der Waals surface area contributed by atoms with Crippen molar-refractivity contribution in [2.75, 3.05) is 18.0 Å². The van der Waals surface area contributed by atoms with Crippen molar-refractivity contribution in [3.8, 4) is 0 Å². The Morgan fingerprint density at radius 2 is 1.92 bits per heavy atom. The van der Waals surface area contributed by atoms with Gasteiger partial charge in [0.2, 0.25) is 11.8 Å². The van der Waals surface area contributed by atoms with Crippen LogP contribution in [0.1, 0.15) is 12.0 Å². The van der Waals surface area contributed by atoms with Gasteiger partial charge in [0.15, 0.2) is 0 Å². The van der Waals surface area contributed by atoms with Gasteiger partial charge in [-0.2, -0.15) is 0 Å². The number of anilines is 1. The third-order valence-electron chi connectivity index (χ3n) is 4.32. The maximum Gasteiger partial charge on any atom is 0.227 e. The van der Waals surface area contributed by atoms with Crippen molar-refractivity contribution < 1.29 is 14.0 Å². The van der Waals surface area contributed by atoms with Gasteiger partial charge in [-0.25, -0.2) is 4.39 Å². The van der Waals surface area contributed by atoms with Gasteiger partial charge in [-0.05, 0) is 42.3 Å². The lowest BCUT2D eigenvalue weighted by Crippen LogP contribution is -2.34. The van der Waals surface area contributed by atoms with Gasteiger partial charge in [0.1, 0.15) is 5.82 Å². The molecule has 1 aliphatic rings. The zero-order chi connectivity index (χ0) is 18.7. The Balaban J connectivity index is 1.56. The first-order valence-corrected chi connectivity index (χ1v) is 8.97. The fourth-order valence-corrected chi connectivity index (χ4v) is 3.32. The Hall–Kier alpha value is -2.11. The van der Waals surface area contributed by atoms with E-state index in [1.807, 2.05) is 0 Å². The summed E-state index contributed by atoms with van der Waals surface area (Å²) < 4.78 is 12.9. The number of amides is 2. The number of nitrogens with one attached hydrogen (secondary N) is 1. The zero-order valence-electron chi connectivity index (χ0n) is 13.8. The monoisotopic (exact) mass is 394 g/mol. The summed E-state index contributed by atoms with van der Waals surface area (Å²) in [5.41, 5.74) is 1.45. The molecule has 0 saturated carbocycles. The predicted octanol–water partition coefficient (Wildman–Crippen LogP) is 3.84. The van der Waals surface area contributed by atoms with Crippen molar-refractivity contribution in [2.45, 2.75) is 12.8 Å². The van der Waals surface area contributed by atoms with E-state index in [9.17, 15) is 14.0 Å². The maximum absolute atomic E-state index is 12.9. The molecule has 1 fully saturated rings. The van der Waals surface area contributed by atoms with E-state index in [0.717, 1.165) is 5.56 Å². The summed E-state index contributed by atoms with van der Waals surface area (Å²) in [7, 11) is 0. The normalized spacial score (nSPS) is 16.8. The summed E-state index contributed by atoms with van der Waals surface area (Å²) in [6.45, 7) is 0.689. The molecule has 4 nitrogen and oxygen atoms in total. The Bertz CT molecular complexity index is 827. The second kappa shape index (κ2) is 8.06. The van der Waals surface area contributed by atoms with E-state index < -0.39 is 5.92 Å². The van der Waals surface area contributed by atoms with Crippen LogP contribution in [0.2, 0.25) is 10.0 Å². The van der Waals surface area contributed by atoms with Gasteiger partial charge in [-0.1, -0.05) is 35.3 Å². The van der Waals surface area contributed by atoms with Crippen molar-refractivity contribution >= 4 is 40.7 Å². The summed E-state index contributed by atoms with van der Waals surface area (Å²) in [5, 5.41) is 3.73. The van der Waals surface area contributed by atoms with Crippen LogP contribution in [-0.2, 0) is 16.0 Å². The molecule has 1 unspecified atom stereocenters. The van der Waals surface area contributed by atoms with E-state index in [4.69, 9.17) is 23.2 Å². The quantitative estimate of drug-likeness (QED) is 0.837. The average Bonchev–Trinajstić information content (AvgIpc) is 3.00. The minimum atomic E-state index is -0.439. The highest BCUT2D eigenvalue weighted by Crippen LogP contribution is 2.33. The summed E-state index contributed by atoms with van der Waals surface area (Å²) >= 11 is 12.1. The van der Waals surface area contributed by atoms with Gasteiger partial charge in [-0.3, -0.25) is 9.59 Å². The van der Waals surface area contributed by atoms with Crippen LogP contribution in [0.3, 0.4) is 0 Å². The first kappa shape index (κ1) is 18.7. The second-order valence-corrected chi connectivity index (χ2v) is 7.01. The molecule has 1 N–H and O–H groups in total. The SMILES string of the molecule is O=C(NCCc1ccc(F)cc1)C1CC(=O)N(c2cc(Cl)ccc2Cl)C1. The molecule has 136 valence electrons. The summed E-state index contributed by atoms with van der Waals surface area (Å²) in [5.74, 6) is -1.07. The minimum Gasteiger partial charge on any atom is -0.355 e. The molecule has 0 spiro atoms. The lowest BCUT2D eigenvalue weighted by atomic mass is 10.1. The maximum atomic E-state index is 12.9. The molecule has 2 aromatic rings. The smallest absolute Gasteiger partial charge is 0.227 e. The van der Waals surface area contributed by atoms with Crippen molar-refractivity contribution in [3.63, 3.8) is 0 Å². The number of hydrogen-bond acceptors (Lipinski definition) is 2. The Kier molecular flexibility index (Phi) is 5.79. The first-order valence-electron chi connectivity index (χ1n) is 8.21. The number of halogens is 3. The van der Waals surface area contributed by atoms with E-state index in [1.165, 1.54) is 17.0 Å². The number of hydrogen-bond donors (Lipinski definition) is 1. The number of benzene rings is 2. The van der Waals surface area contributed by atoms with Gasteiger partial charge >= 0.3 is 0 Å². The van der Waals surface area contributed by atoms with Crippen LogP contribution in [-0.4, -0.2) is 24.9 Å². The van der Waals surface area contributed by atoms with Crippen LogP contribution in [0.4, 0.5) is 10.1 Å². The van der Waals surface area contributed by atoms with Gasteiger partial charge < -0.3 is 10.2 Å². The molecule has 1 heterocycles. The van der Waals surface area contributed by atoms with E-state index >= 15 is 0 Å². The molecule has 1 saturated heterocycles. The van der Waals surface area contributed by atoms with E-state index in [1.54, 1.807) is 30.3 Å². The van der Waals surface area contributed by atoms with Crippen LogP contribution < -0.4 is 10.2 Å². The number of nitrogens with zero attached hydrogens (tertiary/aromatic N) is 1. The van der Waals surface area contributed by atoms with Crippen LogP contribution in [0.15, 0.2) is 42.5 Å². The lowest BCUT2D eigenvalue weighted by molar-refractivity contribution is -0.126. The average molecular weight is 395 g/mol. The Morgan fingerprint density at radius 3 is 2.65 bits per heavy atom. The predicted molar refractivity (Wildman–Crippen MR) is 100 cm³/mol. The Labute approximate surface area is 160 Å². The number of carbonyl (C=O) groups is 2. The van der Waals surface area contributed by atoms with Gasteiger partial charge in [0.25, 0.3) is 0 Å². The van der Waals surface area contributed by atoms with Crippen LogP contribution in [0.25, 0.3) is 0 Å². The van der Waals surface area contributed by atoms with Crippen molar-refractivity contribution in [1.82, 2.24) is 5.32 Å². The summed E-state index contributed by atoms with van der Waals surface area (Å²) in [4.78, 5) is 26.1. The molecule has 0 aliphatic carbocycles. The summed E-state index contributed by atoms with van der Waals surface area (Å²) in [6.07, 6.45) is 0.724. The molecule has 1 aliphatic heterocycles. The van der Waals surface area contributed by atoms with Gasteiger partial charge in [0, 0.05) is 24.5 Å². The molecule has 0 bridgehead atoms. The van der Waals surface area contributed by atoms with Crippen LogP contribution in [0, 0.1) is 11.7 Å². The molecular formula is C19H17Cl2FN2O2. The van der Waals surface area contributed by atoms with E-state index in [0.29, 0.717) is 28.7 Å². The minimum absolute atomic E-state index is 0.130. The van der Waals surface area contributed by atoms with Gasteiger partial charge in [-0.15, -0.1) is 0 Å². The van der Waals surface area contributed by atoms with Crippen molar-refractivity contribution in [2.24, 2.45) is 5.92 Å². The zero-order valence-corrected chi connectivity index (χ0v) is 15.4. The standard InChI is InChI=1S/C19H17Cl2FN2O2/c20-14-3-6-16(21)17(10-14)24-11-13(9-18(24)25)19(26)23-8-7-12-1-4-15(22)5-2-12/h1-6,10,13H,7-9,11H2,(H,23,26). The third kappa shape index (κ3) is 4.34. The second-order valence-electron chi connectivity index (χ2n) is 6.17. The number of carbonyl (C=O) groups excluding carboxylic acids is 2. The first-order chi connectivity index (χ1) is 12.4. The molecule has 0 radical (unpaired) electrons. The van der Waals surface area contributed by atoms with E-state index in [2.05, 4.69) is 5.32 Å². The largest absolute Gasteiger partial charge is 0.355 e. The molecule has 3 rings (SSSR count). The summed E-state index contributed by atoms with van der Waals surface area (Å²) in [6, 6.07) is 11.0. The molecular weight excluding hydrogens is 378 g/mol. The molecule has 2 aromatic carbocycles. The fraction of sp³-hybridized carbons (Fsp3) is 0.263.